The molecule has 0 saturated heterocycles. The predicted octanol–water partition coefficient (Wildman–Crippen LogP) is 4.34. The fourth-order valence-corrected chi connectivity index (χ4v) is 2.85. The highest BCUT2D eigenvalue weighted by molar-refractivity contribution is 6.07. The number of rotatable bonds is 5. The molecule has 1 aromatic carbocycles. The summed E-state index contributed by atoms with van der Waals surface area (Å²) in [5.74, 6) is -0.000550. The Morgan fingerprint density at radius 3 is 2.56 bits per heavy atom. The van der Waals surface area contributed by atoms with E-state index in [1.807, 2.05) is 56.3 Å². The molecular formula is C21H21N3O. The molecule has 4 nitrogen and oxygen atoms in total. The van der Waals surface area contributed by atoms with E-state index in [2.05, 4.69) is 11.6 Å². The molecule has 0 radical (unpaired) electrons. The third kappa shape index (κ3) is 3.58. The van der Waals surface area contributed by atoms with Crippen LogP contribution in [-0.2, 0) is 0 Å². The van der Waals surface area contributed by atoms with Crippen LogP contribution in [0.1, 0.15) is 24.2 Å². The van der Waals surface area contributed by atoms with E-state index in [1.54, 1.807) is 17.3 Å². The van der Waals surface area contributed by atoms with Gasteiger partial charge in [-0.25, -0.2) is 4.98 Å². The molecule has 0 atom stereocenters. The molecule has 0 saturated carbocycles. The summed E-state index contributed by atoms with van der Waals surface area (Å²) in [4.78, 5) is 23.7. The van der Waals surface area contributed by atoms with E-state index in [4.69, 9.17) is 4.98 Å². The molecule has 126 valence electrons. The summed E-state index contributed by atoms with van der Waals surface area (Å²) >= 11 is 0. The molecule has 2 aromatic heterocycles. The lowest BCUT2D eigenvalue weighted by Gasteiger charge is -2.22. The van der Waals surface area contributed by atoms with Gasteiger partial charge in [0.2, 0.25) is 0 Å². The van der Waals surface area contributed by atoms with Crippen LogP contribution >= 0.6 is 0 Å². The number of nitrogens with zero attached hydrogens (tertiary/aromatic N) is 3. The quantitative estimate of drug-likeness (QED) is 0.654. The predicted molar refractivity (Wildman–Crippen MR) is 101 cm³/mol. The number of carbonyl (C=O) groups excluding carboxylic acids is 1. The van der Waals surface area contributed by atoms with Gasteiger partial charge in [-0.15, -0.1) is 0 Å². The number of pyridine rings is 2. The Balaban J connectivity index is 2.15. The zero-order chi connectivity index (χ0) is 17.8. The lowest BCUT2D eigenvalue weighted by molar-refractivity contribution is 0.0780. The van der Waals surface area contributed by atoms with Crippen molar-refractivity contribution >= 4 is 16.8 Å². The Morgan fingerprint density at radius 1 is 1.16 bits per heavy atom. The normalized spacial score (nSPS) is 10.6. The summed E-state index contributed by atoms with van der Waals surface area (Å²) in [5.41, 5.74) is 4.16. The lowest BCUT2D eigenvalue weighted by atomic mass is 10.0. The largest absolute Gasteiger partial charge is 0.335 e. The Kier molecular flexibility index (Phi) is 4.89. The molecule has 0 unspecified atom stereocenters. The molecule has 0 N–H and O–H groups in total. The van der Waals surface area contributed by atoms with Gasteiger partial charge in [0.1, 0.15) is 0 Å². The minimum absolute atomic E-state index is 0.000550. The third-order valence-electron chi connectivity index (χ3n) is 4.05. The van der Waals surface area contributed by atoms with Crippen LogP contribution in [0.25, 0.3) is 22.2 Å². The van der Waals surface area contributed by atoms with Crippen molar-refractivity contribution < 1.29 is 4.79 Å². The molecule has 3 aromatic rings. The maximum Gasteiger partial charge on any atom is 0.254 e. The number of hydrogen-bond acceptors (Lipinski definition) is 3. The summed E-state index contributed by atoms with van der Waals surface area (Å²) in [6.45, 7) is 9.03. The van der Waals surface area contributed by atoms with Crippen LogP contribution in [0.2, 0.25) is 0 Å². The van der Waals surface area contributed by atoms with Gasteiger partial charge in [0.15, 0.2) is 0 Å². The van der Waals surface area contributed by atoms with Crippen molar-refractivity contribution in [2.75, 3.05) is 13.1 Å². The van der Waals surface area contributed by atoms with Gasteiger partial charge in [-0.1, -0.05) is 30.4 Å². The van der Waals surface area contributed by atoms with Crippen molar-refractivity contribution in [3.63, 3.8) is 0 Å². The molecule has 0 spiro atoms. The maximum absolute atomic E-state index is 13.2. The van der Waals surface area contributed by atoms with Gasteiger partial charge < -0.3 is 4.90 Å². The molecule has 0 fully saturated rings. The van der Waals surface area contributed by atoms with Crippen LogP contribution in [0, 0.1) is 0 Å². The van der Waals surface area contributed by atoms with Crippen LogP contribution in [0.5, 0.6) is 0 Å². The van der Waals surface area contributed by atoms with E-state index in [0.717, 1.165) is 27.7 Å². The number of amides is 1. The third-order valence-corrected chi connectivity index (χ3v) is 4.05. The first kappa shape index (κ1) is 16.8. The standard InChI is InChI=1S/C21H21N3O/c1-4-24(14-15(2)3)21(25)18-13-20(16-9-11-22-12-10-16)23-19-8-6-5-7-17(18)19/h5-13H,2,4,14H2,1,3H3. The first-order valence-electron chi connectivity index (χ1n) is 8.34. The first-order valence-corrected chi connectivity index (χ1v) is 8.34. The lowest BCUT2D eigenvalue weighted by Crippen LogP contribution is -2.32. The Morgan fingerprint density at radius 2 is 1.88 bits per heavy atom. The van der Waals surface area contributed by atoms with Crippen LogP contribution in [0.4, 0.5) is 0 Å². The number of para-hydroxylation sites is 1. The smallest absolute Gasteiger partial charge is 0.254 e. The molecular weight excluding hydrogens is 310 g/mol. The van der Waals surface area contributed by atoms with Crippen molar-refractivity contribution in [3.8, 4) is 11.3 Å². The minimum atomic E-state index is -0.000550. The summed E-state index contributed by atoms with van der Waals surface area (Å²) in [5, 5.41) is 0.866. The topological polar surface area (TPSA) is 46.1 Å². The van der Waals surface area contributed by atoms with Gasteiger partial charge in [0.05, 0.1) is 16.8 Å². The molecule has 0 bridgehead atoms. The fourth-order valence-electron chi connectivity index (χ4n) is 2.85. The number of aromatic nitrogens is 2. The highest BCUT2D eigenvalue weighted by Crippen LogP contribution is 2.25. The summed E-state index contributed by atoms with van der Waals surface area (Å²) in [6.07, 6.45) is 3.46. The van der Waals surface area contributed by atoms with E-state index in [9.17, 15) is 4.79 Å². The van der Waals surface area contributed by atoms with Gasteiger partial charge in [0.25, 0.3) is 5.91 Å². The second-order valence-electron chi connectivity index (χ2n) is 6.08. The van der Waals surface area contributed by atoms with Crippen molar-refractivity contribution in [3.05, 3.63) is 72.6 Å². The van der Waals surface area contributed by atoms with E-state index in [-0.39, 0.29) is 5.91 Å². The van der Waals surface area contributed by atoms with Crippen molar-refractivity contribution in [1.29, 1.82) is 0 Å². The molecule has 4 heteroatoms. The SMILES string of the molecule is C=C(C)CN(CC)C(=O)c1cc(-c2ccncc2)nc2ccccc12. The van der Waals surface area contributed by atoms with E-state index >= 15 is 0 Å². The number of fused-ring (bicyclic) bond motifs is 1. The Bertz CT molecular complexity index is 919. The van der Waals surface area contributed by atoms with Crippen LogP contribution < -0.4 is 0 Å². The van der Waals surface area contributed by atoms with Crippen molar-refractivity contribution in [2.24, 2.45) is 0 Å². The molecule has 25 heavy (non-hydrogen) atoms. The van der Waals surface area contributed by atoms with Crippen molar-refractivity contribution in [1.82, 2.24) is 14.9 Å². The fraction of sp³-hybridized carbons (Fsp3) is 0.190. The molecule has 3 rings (SSSR count). The number of likely N-dealkylation sites (N-methyl/N-ethyl adjacent to an activating group) is 1. The maximum atomic E-state index is 13.2. The molecule has 1 amide bonds. The van der Waals surface area contributed by atoms with E-state index in [1.165, 1.54) is 0 Å². The van der Waals surface area contributed by atoms with Crippen LogP contribution in [0.15, 0.2) is 67.0 Å². The number of benzene rings is 1. The van der Waals surface area contributed by atoms with Crippen LogP contribution in [0.3, 0.4) is 0 Å². The van der Waals surface area contributed by atoms with Crippen molar-refractivity contribution in [2.45, 2.75) is 13.8 Å². The summed E-state index contributed by atoms with van der Waals surface area (Å²) < 4.78 is 0. The molecule has 0 aliphatic carbocycles. The number of carbonyl (C=O) groups is 1. The van der Waals surface area contributed by atoms with E-state index in [0.29, 0.717) is 18.7 Å². The Hall–Kier alpha value is -3.01. The zero-order valence-corrected chi connectivity index (χ0v) is 14.6. The minimum Gasteiger partial charge on any atom is -0.335 e. The van der Waals surface area contributed by atoms with Gasteiger partial charge in [0, 0.05) is 36.4 Å². The molecule has 2 heterocycles. The summed E-state index contributed by atoms with van der Waals surface area (Å²) in [6, 6.07) is 13.4. The van der Waals surface area contributed by atoms with Crippen LogP contribution in [-0.4, -0.2) is 33.9 Å². The average molecular weight is 331 g/mol. The van der Waals surface area contributed by atoms with Gasteiger partial charge in [-0.2, -0.15) is 0 Å². The second kappa shape index (κ2) is 7.26. The second-order valence-corrected chi connectivity index (χ2v) is 6.08. The van der Waals surface area contributed by atoms with Gasteiger partial charge in [-0.05, 0) is 38.1 Å². The highest BCUT2D eigenvalue weighted by Gasteiger charge is 2.19. The molecule has 0 aliphatic heterocycles. The number of hydrogen-bond donors (Lipinski definition) is 0. The Labute approximate surface area is 147 Å². The zero-order valence-electron chi connectivity index (χ0n) is 14.6. The molecule has 0 aliphatic rings. The van der Waals surface area contributed by atoms with Gasteiger partial charge in [-0.3, -0.25) is 9.78 Å². The highest BCUT2D eigenvalue weighted by atomic mass is 16.2. The average Bonchev–Trinajstić information content (AvgIpc) is 2.65. The van der Waals surface area contributed by atoms with Gasteiger partial charge >= 0.3 is 0 Å². The monoisotopic (exact) mass is 331 g/mol. The van der Waals surface area contributed by atoms with E-state index < -0.39 is 0 Å². The first-order chi connectivity index (χ1) is 12.1. The summed E-state index contributed by atoms with van der Waals surface area (Å²) in [7, 11) is 0.